The molecule has 0 aliphatic heterocycles. The van der Waals surface area contributed by atoms with Crippen molar-refractivity contribution in [1.82, 2.24) is 10.1 Å². The SMILES string of the molecule is O=C(CSCc1nc(-c2ccc(Cl)cc2)no1)Nc1ccccc1. The third-order valence-electron chi connectivity index (χ3n) is 3.09. The number of aromatic nitrogens is 2. The molecule has 3 aromatic rings. The van der Waals surface area contributed by atoms with E-state index in [1.165, 1.54) is 11.8 Å². The third kappa shape index (κ3) is 4.59. The second-order valence-electron chi connectivity index (χ2n) is 4.93. The van der Waals surface area contributed by atoms with E-state index in [9.17, 15) is 4.79 Å². The fourth-order valence-electron chi connectivity index (χ4n) is 1.98. The van der Waals surface area contributed by atoms with Gasteiger partial charge in [-0.25, -0.2) is 0 Å². The molecule has 0 aliphatic carbocycles. The highest BCUT2D eigenvalue weighted by Crippen LogP contribution is 2.20. The quantitative estimate of drug-likeness (QED) is 0.712. The molecule has 0 bridgehead atoms. The normalized spacial score (nSPS) is 10.5. The first-order valence-corrected chi connectivity index (χ1v) is 8.75. The number of carbonyl (C=O) groups excluding carboxylic acids is 1. The number of hydrogen-bond donors (Lipinski definition) is 1. The second-order valence-corrected chi connectivity index (χ2v) is 6.35. The van der Waals surface area contributed by atoms with Crippen LogP contribution < -0.4 is 5.32 Å². The molecule has 24 heavy (non-hydrogen) atoms. The molecule has 122 valence electrons. The molecular formula is C17H14ClN3O2S. The van der Waals surface area contributed by atoms with E-state index in [1.54, 1.807) is 12.1 Å². The second kappa shape index (κ2) is 7.99. The van der Waals surface area contributed by atoms with Crippen molar-refractivity contribution in [3.8, 4) is 11.4 Å². The van der Waals surface area contributed by atoms with E-state index in [-0.39, 0.29) is 5.91 Å². The van der Waals surface area contributed by atoms with E-state index >= 15 is 0 Å². The molecule has 0 saturated heterocycles. The molecule has 7 heteroatoms. The first-order valence-electron chi connectivity index (χ1n) is 7.22. The van der Waals surface area contributed by atoms with Gasteiger partial charge in [-0.05, 0) is 36.4 Å². The summed E-state index contributed by atoms with van der Waals surface area (Å²) in [5.41, 5.74) is 1.62. The summed E-state index contributed by atoms with van der Waals surface area (Å²) in [6.45, 7) is 0. The van der Waals surface area contributed by atoms with Crippen LogP contribution in [0.15, 0.2) is 59.1 Å². The predicted molar refractivity (Wildman–Crippen MR) is 96.0 cm³/mol. The number of nitrogens with zero attached hydrogens (tertiary/aromatic N) is 2. The minimum Gasteiger partial charge on any atom is -0.338 e. The number of para-hydroxylation sites is 1. The van der Waals surface area contributed by atoms with Gasteiger partial charge in [-0.1, -0.05) is 35.0 Å². The number of hydrogen-bond acceptors (Lipinski definition) is 5. The van der Waals surface area contributed by atoms with E-state index < -0.39 is 0 Å². The lowest BCUT2D eigenvalue weighted by atomic mass is 10.2. The average molecular weight is 360 g/mol. The molecule has 1 amide bonds. The Kier molecular flexibility index (Phi) is 5.51. The highest BCUT2D eigenvalue weighted by atomic mass is 35.5. The van der Waals surface area contributed by atoms with Gasteiger partial charge >= 0.3 is 0 Å². The van der Waals surface area contributed by atoms with Crippen molar-refractivity contribution < 1.29 is 9.32 Å². The van der Waals surface area contributed by atoms with Crippen LogP contribution in [0.25, 0.3) is 11.4 Å². The number of halogens is 1. The molecule has 0 radical (unpaired) electrons. The van der Waals surface area contributed by atoms with Crippen LogP contribution in [0.3, 0.4) is 0 Å². The summed E-state index contributed by atoms with van der Waals surface area (Å²) in [5.74, 6) is 1.72. The number of carbonyl (C=O) groups is 1. The zero-order valence-electron chi connectivity index (χ0n) is 12.6. The smallest absolute Gasteiger partial charge is 0.236 e. The Balaban J connectivity index is 1.49. The molecule has 1 heterocycles. The van der Waals surface area contributed by atoms with E-state index in [0.717, 1.165) is 11.3 Å². The van der Waals surface area contributed by atoms with E-state index in [0.29, 0.717) is 28.2 Å². The Bertz CT molecular complexity index is 806. The van der Waals surface area contributed by atoms with E-state index in [4.69, 9.17) is 16.1 Å². The molecule has 1 N–H and O–H groups in total. The Morgan fingerprint density at radius 2 is 1.88 bits per heavy atom. The number of benzene rings is 2. The van der Waals surface area contributed by atoms with Gasteiger partial charge in [0.2, 0.25) is 17.6 Å². The summed E-state index contributed by atoms with van der Waals surface area (Å²) >= 11 is 7.27. The van der Waals surface area contributed by atoms with Crippen LogP contribution in [0.5, 0.6) is 0 Å². The first-order chi connectivity index (χ1) is 11.7. The third-order valence-corrected chi connectivity index (χ3v) is 4.26. The van der Waals surface area contributed by atoms with Crippen LogP contribution in [0, 0.1) is 0 Å². The fraction of sp³-hybridized carbons (Fsp3) is 0.118. The van der Waals surface area contributed by atoms with Gasteiger partial charge in [-0.2, -0.15) is 4.98 Å². The number of amides is 1. The minimum absolute atomic E-state index is 0.0661. The summed E-state index contributed by atoms with van der Waals surface area (Å²) in [5, 5.41) is 7.42. The molecule has 0 fully saturated rings. The van der Waals surface area contributed by atoms with Gasteiger partial charge in [0.1, 0.15) is 0 Å². The summed E-state index contributed by atoms with van der Waals surface area (Å²) in [6, 6.07) is 16.6. The summed E-state index contributed by atoms with van der Waals surface area (Å²) in [4.78, 5) is 16.2. The average Bonchev–Trinajstić information content (AvgIpc) is 3.05. The van der Waals surface area contributed by atoms with Gasteiger partial charge < -0.3 is 9.84 Å². The molecule has 0 saturated carbocycles. The van der Waals surface area contributed by atoms with Gasteiger partial charge in [0.25, 0.3) is 0 Å². The highest BCUT2D eigenvalue weighted by Gasteiger charge is 2.10. The van der Waals surface area contributed by atoms with Crippen LogP contribution in [0.1, 0.15) is 5.89 Å². The standard InChI is InChI=1S/C17H14ClN3O2S/c18-13-8-6-12(7-9-13)17-20-16(23-21-17)11-24-10-15(22)19-14-4-2-1-3-5-14/h1-9H,10-11H2,(H,19,22). The highest BCUT2D eigenvalue weighted by molar-refractivity contribution is 7.99. The lowest BCUT2D eigenvalue weighted by Crippen LogP contribution is -2.13. The van der Waals surface area contributed by atoms with Crippen LogP contribution in [-0.2, 0) is 10.5 Å². The topological polar surface area (TPSA) is 68.0 Å². The summed E-state index contributed by atoms with van der Waals surface area (Å²) in [7, 11) is 0. The van der Waals surface area contributed by atoms with Crippen molar-refractivity contribution in [2.45, 2.75) is 5.75 Å². The van der Waals surface area contributed by atoms with Crippen molar-refractivity contribution >= 4 is 35.0 Å². The predicted octanol–water partition coefficient (Wildman–Crippen LogP) is 4.26. The molecule has 2 aromatic carbocycles. The molecule has 0 spiro atoms. The van der Waals surface area contributed by atoms with Crippen LogP contribution >= 0.6 is 23.4 Å². The molecule has 0 atom stereocenters. The Morgan fingerprint density at radius 3 is 2.62 bits per heavy atom. The number of rotatable bonds is 6. The Labute approximate surface area is 148 Å². The largest absolute Gasteiger partial charge is 0.338 e. The number of anilines is 1. The van der Waals surface area contributed by atoms with Crippen LogP contribution in [-0.4, -0.2) is 21.8 Å². The molecule has 5 nitrogen and oxygen atoms in total. The maximum atomic E-state index is 11.9. The Hall–Kier alpha value is -2.31. The zero-order valence-corrected chi connectivity index (χ0v) is 14.2. The van der Waals surface area contributed by atoms with Gasteiger partial charge in [0.15, 0.2) is 0 Å². The number of nitrogens with one attached hydrogen (secondary N) is 1. The van der Waals surface area contributed by atoms with Gasteiger partial charge in [0, 0.05) is 16.3 Å². The summed E-state index contributed by atoms with van der Waals surface area (Å²) in [6.07, 6.45) is 0. The van der Waals surface area contributed by atoms with Crippen molar-refractivity contribution in [3.63, 3.8) is 0 Å². The fourth-order valence-corrected chi connectivity index (χ4v) is 2.76. The Morgan fingerprint density at radius 1 is 1.12 bits per heavy atom. The maximum Gasteiger partial charge on any atom is 0.236 e. The first kappa shape index (κ1) is 16.5. The number of thioether (sulfide) groups is 1. The van der Waals surface area contributed by atoms with Gasteiger partial charge in [-0.15, -0.1) is 11.8 Å². The van der Waals surface area contributed by atoms with E-state index in [1.807, 2.05) is 42.5 Å². The van der Waals surface area contributed by atoms with Crippen molar-refractivity contribution in [3.05, 3.63) is 65.5 Å². The van der Waals surface area contributed by atoms with Gasteiger partial charge in [-0.3, -0.25) is 4.79 Å². The monoisotopic (exact) mass is 359 g/mol. The lowest BCUT2D eigenvalue weighted by molar-refractivity contribution is -0.113. The van der Waals surface area contributed by atoms with Crippen LogP contribution in [0.2, 0.25) is 5.02 Å². The zero-order chi connectivity index (χ0) is 16.8. The minimum atomic E-state index is -0.0661. The van der Waals surface area contributed by atoms with Gasteiger partial charge in [0.05, 0.1) is 11.5 Å². The van der Waals surface area contributed by atoms with Crippen LogP contribution in [0.4, 0.5) is 5.69 Å². The molecule has 0 aliphatic rings. The lowest BCUT2D eigenvalue weighted by Gasteiger charge is -2.03. The summed E-state index contributed by atoms with van der Waals surface area (Å²) < 4.78 is 5.20. The maximum absolute atomic E-state index is 11.9. The van der Waals surface area contributed by atoms with Crippen molar-refractivity contribution in [2.24, 2.45) is 0 Å². The van der Waals surface area contributed by atoms with Crippen molar-refractivity contribution in [2.75, 3.05) is 11.1 Å². The molecule has 3 rings (SSSR count). The van der Waals surface area contributed by atoms with E-state index in [2.05, 4.69) is 15.5 Å². The molecule has 0 unspecified atom stereocenters. The molecular weight excluding hydrogens is 346 g/mol. The van der Waals surface area contributed by atoms with Crippen molar-refractivity contribution in [1.29, 1.82) is 0 Å². The molecule has 1 aromatic heterocycles.